The molecular formula is C15H20ClN3O. The Kier molecular flexibility index (Phi) is 4.87. The van der Waals surface area contributed by atoms with Crippen LogP contribution < -0.4 is 5.32 Å². The maximum atomic E-state index is 9.15. The first kappa shape index (κ1) is 15.1. The third-order valence-corrected chi connectivity index (χ3v) is 3.92. The highest BCUT2D eigenvalue weighted by Gasteiger charge is 2.28. The highest BCUT2D eigenvalue weighted by molar-refractivity contribution is 6.30. The highest BCUT2D eigenvalue weighted by Crippen LogP contribution is 2.22. The molecule has 1 fully saturated rings. The Morgan fingerprint density at radius 3 is 2.75 bits per heavy atom. The standard InChI is InChI=1S/C15H20ClN3O/c1-15(2,19-5-7-20-8-6-19)11-18-14-4-3-13(16)9-12(14)10-17/h3-4,9,18H,5-8,11H2,1-2H3. The van der Waals surface area contributed by atoms with E-state index in [1.807, 2.05) is 6.07 Å². The lowest BCUT2D eigenvalue weighted by molar-refractivity contribution is -0.00568. The van der Waals surface area contributed by atoms with E-state index in [1.54, 1.807) is 12.1 Å². The molecule has 0 aromatic heterocycles. The molecule has 1 aromatic rings. The lowest BCUT2D eigenvalue weighted by Crippen LogP contribution is -2.53. The molecule has 0 unspecified atom stereocenters. The largest absolute Gasteiger partial charge is 0.382 e. The van der Waals surface area contributed by atoms with E-state index in [0.717, 1.165) is 38.5 Å². The number of nitriles is 1. The number of anilines is 1. The Balaban J connectivity index is 2.02. The van der Waals surface area contributed by atoms with Crippen molar-refractivity contribution in [2.75, 3.05) is 38.2 Å². The van der Waals surface area contributed by atoms with Gasteiger partial charge in [0.15, 0.2) is 0 Å². The average Bonchev–Trinajstić information content (AvgIpc) is 2.46. The van der Waals surface area contributed by atoms with Gasteiger partial charge in [0, 0.05) is 30.2 Å². The average molecular weight is 294 g/mol. The summed E-state index contributed by atoms with van der Waals surface area (Å²) in [5.41, 5.74) is 1.42. The third-order valence-electron chi connectivity index (χ3n) is 3.68. The van der Waals surface area contributed by atoms with Gasteiger partial charge in [-0.1, -0.05) is 11.6 Å². The van der Waals surface area contributed by atoms with Crippen LogP contribution in [0.5, 0.6) is 0 Å². The van der Waals surface area contributed by atoms with Crippen LogP contribution in [0.15, 0.2) is 18.2 Å². The van der Waals surface area contributed by atoms with Crippen molar-refractivity contribution < 1.29 is 4.74 Å². The molecule has 20 heavy (non-hydrogen) atoms. The Bertz CT molecular complexity index is 504. The van der Waals surface area contributed by atoms with E-state index < -0.39 is 0 Å². The minimum absolute atomic E-state index is 0.0101. The van der Waals surface area contributed by atoms with Crippen LogP contribution in [0.25, 0.3) is 0 Å². The normalized spacial score (nSPS) is 16.7. The Hall–Kier alpha value is -1.28. The molecule has 5 heteroatoms. The fourth-order valence-electron chi connectivity index (χ4n) is 2.36. The number of nitrogens with zero attached hydrogens (tertiary/aromatic N) is 2. The second-order valence-electron chi connectivity index (χ2n) is 5.57. The van der Waals surface area contributed by atoms with Crippen molar-refractivity contribution in [1.29, 1.82) is 5.26 Å². The first-order valence-corrected chi connectivity index (χ1v) is 7.17. The summed E-state index contributed by atoms with van der Waals surface area (Å²) in [4.78, 5) is 2.41. The van der Waals surface area contributed by atoms with Gasteiger partial charge < -0.3 is 10.1 Å². The molecule has 1 aromatic carbocycles. The second-order valence-corrected chi connectivity index (χ2v) is 6.00. The molecule has 0 saturated carbocycles. The number of rotatable bonds is 4. The maximum Gasteiger partial charge on any atom is 0.101 e. The van der Waals surface area contributed by atoms with E-state index in [-0.39, 0.29) is 5.54 Å². The number of halogens is 1. The SMILES string of the molecule is CC(C)(CNc1ccc(Cl)cc1C#N)N1CCOCC1. The molecule has 0 radical (unpaired) electrons. The number of ether oxygens (including phenoxy) is 1. The molecule has 2 rings (SSSR count). The van der Waals surface area contributed by atoms with Crippen molar-refractivity contribution in [2.45, 2.75) is 19.4 Å². The quantitative estimate of drug-likeness (QED) is 0.927. The maximum absolute atomic E-state index is 9.15. The number of hydrogen-bond acceptors (Lipinski definition) is 4. The molecule has 1 aliphatic rings. The van der Waals surface area contributed by atoms with E-state index >= 15 is 0 Å². The van der Waals surface area contributed by atoms with Crippen LogP contribution in [-0.4, -0.2) is 43.3 Å². The van der Waals surface area contributed by atoms with Gasteiger partial charge in [-0.3, -0.25) is 4.90 Å². The van der Waals surface area contributed by atoms with Crippen molar-refractivity contribution >= 4 is 17.3 Å². The fourth-order valence-corrected chi connectivity index (χ4v) is 2.53. The third kappa shape index (κ3) is 3.63. The van der Waals surface area contributed by atoms with Gasteiger partial charge in [0.05, 0.1) is 24.5 Å². The predicted octanol–water partition coefficient (Wildman–Crippen LogP) is 2.73. The van der Waals surface area contributed by atoms with Gasteiger partial charge in [-0.2, -0.15) is 5.26 Å². The van der Waals surface area contributed by atoms with Crippen molar-refractivity contribution in [2.24, 2.45) is 0 Å². The van der Waals surface area contributed by atoms with Gasteiger partial charge in [-0.05, 0) is 32.0 Å². The molecule has 0 bridgehead atoms. The molecule has 108 valence electrons. The summed E-state index contributed by atoms with van der Waals surface area (Å²) in [5.74, 6) is 0. The number of hydrogen-bond donors (Lipinski definition) is 1. The molecule has 1 heterocycles. The summed E-state index contributed by atoms with van der Waals surface area (Å²) < 4.78 is 5.39. The van der Waals surface area contributed by atoms with Gasteiger partial charge in [-0.15, -0.1) is 0 Å². The minimum Gasteiger partial charge on any atom is -0.382 e. The molecule has 0 aliphatic carbocycles. The molecule has 4 nitrogen and oxygen atoms in total. The Labute approximate surface area is 125 Å². The van der Waals surface area contributed by atoms with Crippen LogP contribution in [0.3, 0.4) is 0 Å². The van der Waals surface area contributed by atoms with Crippen LogP contribution in [0.1, 0.15) is 19.4 Å². The summed E-state index contributed by atoms with van der Waals surface area (Å²) in [6.07, 6.45) is 0. The zero-order valence-electron chi connectivity index (χ0n) is 11.9. The molecule has 0 atom stereocenters. The van der Waals surface area contributed by atoms with E-state index in [4.69, 9.17) is 21.6 Å². The molecule has 0 amide bonds. The Morgan fingerprint density at radius 1 is 1.40 bits per heavy atom. The lowest BCUT2D eigenvalue weighted by atomic mass is 10.0. The smallest absolute Gasteiger partial charge is 0.101 e. The van der Waals surface area contributed by atoms with Crippen molar-refractivity contribution in [1.82, 2.24) is 4.90 Å². The van der Waals surface area contributed by atoms with Crippen LogP contribution >= 0.6 is 11.6 Å². The van der Waals surface area contributed by atoms with E-state index in [2.05, 4.69) is 30.1 Å². The van der Waals surface area contributed by atoms with Crippen LogP contribution in [0.2, 0.25) is 5.02 Å². The summed E-state index contributed by atoms with van der Waals surface area (Å²) in [5, 5.41) is 13.1. The van der Waals surface area contributed by atoms with E-state index in [9.17, 15) is 0 Å². The number of morpholine rings is 1. The van der Waals surface area contributed by atoms with E-state index in [0.29, 0.717) is 10.6 Å². The predicted molar refractivity (Wildman–Crippen MR) is 81.1 cm³/mol. The van der Waals surface area contributed by atoms with Gasteiger partial charge in [0.1, 0.15) is 6.07 Å². The summed E-state index contributed by atoms with van der Waals surface area (Å²) >= 11 is 5.91. The molecular weight excluding hydrogens is 274 g/mol. The van der Waals surface area contributed by atoms with Gasteiger partial charge in [0.2, 0.25) is 0 Å². The van der Waals surface area contributed by atoms with Crippen LogP contribution in [0.4, 0.5) is 5.69 Å². The first-order valence-electron chi connectivity index (χ1n) is 6.79. The summed E-state index contributed by atoms with van der Waals surface area (Å²) in [6.45, 7) is 8.63. The first-order chi connectivity index (χ1) is 9.53. The fraction of sp³-hybridized carbons (Fsp3) is 0.533. The molecule has 1 saturated heterocycles. The highest BCUT2D eigenvalue weighted by atomic mass is 35.5. The lowest BCUT2D eigenvalue weighted by Gasteiger charge is -2.41. The second kappa shape index (κ2) is 6.45. The molecule has 1 N–H and O–H groups in total. The zero-order chi connectivity index (χ0) is 14.6. The van der Waals surface area contributed by atoms with Crippen molar-refractivity contribution in [3.8, 4) is 6.07 Å². The van der Waals surface area contributed by atoms with E-state index in [1.165, 1.54) is 0 Å². The van der Waals surface area contributed by atoms with Crippen LogP contribution in [-0.2, 0) is 4.74 Å². The van der Waals surface area contributed by atoms with Gasteiger partial charge in [-0.25, -0.2) is 0 Å². The molecule has 1 aliphatic heterocycles. The van der Waals surface area contributed by atoms with Gasteiger partial charge >= 0.3 is 0 Å². The Morgan fingerprint density at radius 2 is 2.10 bits per heavy atom. The van der Waals surface area contributed by atoms with Crippen molar-refractivity contribution in [3.05, 3.63) is 28.8 Å². The van der Waals surface area contributed by atoms with Gasteiger partial charge in [0.25, 0.3) is 0 Å². The summed E-state index contributed by atoms with van der Waals surface area (Å²) in [6, 6.07) is 7.51. The minimum atomic E-state index is 0.0101. The zero-order valence-corrected chi connectivity index (χ0v) is 12.7. The monoisotopic (exact) mass is 293 g/mol. The molecule has 0 spiro atoms. The topological polar surface area (TPSA) is 48.3 Å². The number of benzene rings is 1. The number of nitrogens with one attached hydrogen (secondary N) is 1. The summed E-state index contributed by atoms with van der Waals surface area (Å²) in [7, 11) is 0. The van der Waals surface area contributed by atoms with Crippen LogP contribution in [0, 0.1) is 11.3 Å². The van der Waals surface area contributed by atoms with Crippen molar-refractivity contribution in [3.63, 3.8) is 0 Å².